The fourth-order valence-electron chi connectivity index (χ4n) is 4.19. The van der Waals surface area contributed by atoms with Gasteiger partial charge >= 0.3 is 0 Å². The molecule has 2 heteroatoms. The Balaban J connectivity index is 1.59. The zero-order valence-electron chi connectivity index (χ0n) is 19.3. The van der Waals surface area contributed by atoms with Crippen LogP contribution in [0.1, 0.15) is 44.2 Å². The van der Waals surface area contributed by atoms with Gasteiger partial charge in [0.2, 0.25) is 0 Å². The topological polar surface area (TPSA) is 29.4 Å². The van der Waals surface area contributed by atoms with Crippen LogP contribution < -0.4 is 0 Å². The summed E-state index contributed by atoms with van der Waals surface area (Å²) in [6.07, 6.45) is 0. The van der Waals surface area contributed by atoms with Gasteiger partial charge in [0.15, 0.2) is 5.78 Å². The van der Waals surface area contributed by atoms with Gasteiger partial charge in [-0.05, 0) is 11.1 Å². The molecule has 0 amide bonds. The van der Waals surface area contributed by atoms with Crippen molar-refractivity contribution >= 4 is 11.5 Å². The van der Waals surface area contributed by atoms with E-state index in [4.69, 9.17) is 4.99 Å². The summed E-state index contributed by atoms with van der Waals surface area (Å²) in [7, 11) is 0. The minimum Gasteiger partial charge on any atom is -0.289 e. The van der Waals surface area contributed by atoms with Gasteiger partial charge in [0.25, 0.3) is 0 Å². The first-order valence-corrected chi connectivity index (χ1v) is 11.7. The smallest absolute Gasteiger partial charge is 0.193 e. The van der Waals surface area contributed by atoms with E-state index in [-0.39, 0.29) is 11.8 Å². The third kappa shape index (κ3) is 5.18. The molecular formula is C33H25NO. The lowest BCUT2D eigenvalue weighted by Crippen LogP contribution is -2.09. The summed E-state index contributed by atoms with van der Waals surface area (Å²) in [5.74, 6) is 0.0196. The van der Waals surface area contributed by atoms with E-state index >= 15 is 0 Å². The zero-order valence-corrected chi connectivity index (χ0v) is 19.3. The first kappa shape index (κ1) is 22.2. The number of hydrogen-bond donors (Lipinski definition) is 0. The Morgan fingerprint density at radius 3 is 1.29 bits per heavy atom. The Hall–Kier alpha value is -4.56. The van der Waals surface area contributed by atoms with Crippen LogP contribution in [0.3, 0.4) is 0 Å². The summed E-state index contributed by atoms with van der Waals surface area (Å²) in [6.45, 7) is 0. The fraction of sp³-hybridized carbons (Fsp3) is 0.0303. The van der Waals surface area contributed by atoms with Gasteiger partial charge in [-0.1, -0.05) is 146 Å². The van der Waals surface area contributed by atoms with E-state index in [0.29, 0.717) is 11.1 Å². The Morgan fingerprint density at radius 2 is 0.800 bits per heavy atom. The zero-order chi connectivity index (χ0) is 23.9. The first-order chi connectivity index (χ1) is 17.3. The number of nitrogens with zero attached hydrogens (tertiary/aromatic N) is 1. The van der Waals surface area contributed by atoms with Crippen molar-refractivity contribution in [2.45, 2.75) is 6.04 Å². The second-order valence-electron chi connectivity index (χ2n) is 8.34. The second-order valence-corrected chi connectivity index (χ2v) is 8.34. The average Bonchev–Trinajstić information content (AvgIpc) is 2.95. The van der Waals surface area contributed by atoms with Gasteiger partial charge in [0, 0.05) is 22.3 Å². The van der Waals surface area contributed by atoms with Crippen molar-refractivity contribution in [3.05, 3.63) is 179 Å². The molecule has 168 valence electrons. The highest BCUT2D eigenvalue weighted by atomic mass is 16.1. The second kappa shape index (κ2) is 10.6. The molecule has 0 aromatic heterocycles. The minimum atomic E-state index is -0.215. The van der Waals surface area contributed by atoms with Gasteiger partial charge in [-0.25, -0.2) is 0 Å². The normalized spacial score (nSPS) is 11.4. The molecule has 0 aliphatic carbocycles. The fourth-order valence-corrected chi connectivity index (χ4v) is 4.19. The lowest BCUT2D eigenvalue weighted by atomic mass is 9.95. The molecule has 35 heavy (non-hydrogen) atoms. The molecule has 1 unspecified atom stereocenters. The SMILES string of the molecule is O=C(c1ccccc1)c1ccc(C(N=C(c2ccccc2)c2ccccc2)c2ccccc2)cc1. The monoisotopic (exact) mass is 451 g/mol. The van der Waals surface area contributed by atoms with Gasteiger partial charge in [0.1, 0.15) is 6.04 Å². The quantitative estimate of drug-likeness (QED) is 0.186. The molecular weight excluding hydrogens is 426 g/mol. The predicted octanol–water partition coefficient (Wildman–Crippen LogP) is 7.54. The average molecular weight is 452 g/mol. The molecule has 0 saturated heterocycles. The number of rotatable bonds is 7. The van der Waals surface area contributed by atoms with Crippen LogP contribution in [-0.2, 0) is 0 Å². The summed E-state index contributed by atoms with van der Waals surface area (Å²) in [5.41, 5.74) is 6.55. The van der Waals surface area contributed by atoms with Gasteiger partial charge < -0.3 is 0 Å². The van der Waals surface area contributed by atoms with Crippen LogP contribution >= 0.6 is 0 Å². The van der Waals surface area contributed by atoms with Crippen molar-refractivity contribution in [1.29, 1.82) is 0 Å². The molecule has 0 bridgehead atoms. The molecule has 0 radical (unpaired) electrons. The molecule has 5 aromatic rings. The van der Waals surface area contributed by atoms with E-state index in [2.05, 4.69) is 36.4 Å². The Bertz CT molecular complexity index is 1370. The molecule has 5 rings (SSSR count). The van der Waals surface area contributed by atoms with Crippen molar-refractivity contribution in [2.24, 2.45) is 4.99 Å². The number of hydrogen-bond acceptors (Lipinski definition) is 2. The van der Waals surface area contributed by atoms with Crippen LogP contribution in [0.15, 0.2) is 151 Å². The maximum atomic E-state index is 12.9. The van der Waals surface area contributed by atoms with Crippen molar-refractivity contribution in [1.82, 2.24) is 0 Å². The van der Waals surface area contributed by atoms with Crippen molar-refractivity contribution < 1.29 is 4.79 Å². The summed E-state index contributed by atoms with van der Waals surface area (Å²) in [5, 5.41) is 0. The van der Waals surface area contributed by atoms with Crippen LogP contribution in [0.25, 0.3) is 0 Å². The lowest BCUT2D eigenvalue weighted by Gasteiger charge is -2.18. The summed E-state index contributed by atoms with van der Waals surface area (Å²) < 4.78 is 0. The van der Waals surface area contributed by atoms with E-state index in [1.807, 2.05) is 109 Å². The van der Waals surface area contributed by atoms with Crippen LogP contribution in [0.4, 0.5) is 0 Å². The van der Waals surface area contributed by atoms with Crippen molar-refractivity contribution in [3.8, 4) is 0 Å². The molecule has 0 N–H and O–H groups in total. The third-order valence-electron chi connectivity index (χ3n) is 5.99. The van der Waals surface area contributed by atoms with E-state index in [1.165, 1.54) is 0 Å². The van der Waals surface area contributed by atoms with E-state index in [0.717, 1.165) is 28.0 Å². The Kier molecular flexibility index (Phi) is 6.72. The molecule has 1 atom stereocenters. The highest BCUT2D eigenvalue weighted by Crippen LogP contribution is 2.29. The van der Waals surface area contributed by atoms with Crippen molar-refractivity contribution in [2.75, 3.05) is 0 Å². The maximum absolute atomic E-state index is 12.9. The largest absolute Gasteiger partial charge is 0.289 e. The predicted molar refractivity (Wildman–Crippen MR) is 143 cm³/mol. The van der Waals surface area contributed by atoms with E-state index in [1.54, 1.807) is 0 Å². The summed E-state index contributed by atoms with van der Waals surface area (Å²) in [4.78, 5) is 18.2. The van der Waals surface area contributed by atoms with Crippen LogP contribution in [0.2, 0.25) is 0 Å². The molecule has 2 nitrogen and oxygen atoms in total. The highest BCUT2D eigenvalue weighted by molar-refractivity contribution is 6.13. The van der Waals surface area contributed by atoms with Crippen LogP contribution in [0.5, 0.6) is 0 Å². The molecule has 0 saturated carbocycles. The summed E-state index contributed by atoms with van der Waals surface area (Å²) in [6, 6.07) is 47.9. The third-order valence-corrected chi connectivity index (χ3v) is 5.99. The van der Waals surface area contributed by atoms with E-state index < -0.39 is 0 Å². The van der Waals surface area contributed by atoms with Gasteiger partial charge in [0.05, 0.1) is 5.71 Å². The maximum Gasteiger partial charge on any atom is 0.193 e. The lowest BCUT2D eigenvalue weighted by molar-refractivity contribution is 0.103. The van der Waals surface area contributed by atoms with E-state index in [9.17, 15) is 4.79 Å². The first-order valence-electron chi connectivity index (χ1n) is 11.7. The molecule has 0 heterocycles. The number of aliphatic imine (C=N–C) groups is 1. The number of benzene rings is 5. The van der Waals surface area contributed by atoms with Gasteiger partial charge in [-0.15, -0.1) is 0 Å². The minimum absolute atomic E-state index is 0.0196. The molecule has 0 fully saturated rings. The van der Waals surface area contributed by atoms with Gasteiger partial charge in [-0.3, -0.25) is 9.79 Å². The van der Waals surface area contributed by atoms with Gasteiger partial charge in [-0.2, -0.15) is 0 Å². The number of ketones is 1. The number of carbonyl (C=O) groups excluding carboxylic acids is 1. The van der Waals surface area contributed by atoms with Crippen LogP contribution in [-0.4, -0.2) is 11.5 Å². The molecule has 5 aromatic carbocycles. The standard InChI is InChI=1S/C33H25NO/c35-33(29-19-11-4-12-20-29)30-23-21-28(22-24-30)32(27-17-9-3-10-18-27)34-31(25-13-5-1-6-14-25)26-15-7-2-8-16-26/h1-24,32H. The molecule has 0 aliphatic rings. The van der Waals surface area contributed by atoms with Crippen molar-refractivity contribution in [3.63, 3.8) is 0 Å². The molecule has 0 aliphatic heterocycles. The highest BCUT2D eigenvalue weighted by Gasteiger charge is 2.17. The van der Waals surface area contributed by atoms with Crippen LogP contribution in [0, 0.1) is 0 Å². The summed E-state index contributed by atoms with van der Waals surface area (Å²) >= 11 is 0. The number of carbonyl (C=O) groups is 1. The Labute approximate surface area is 206 Å². The Morgan fingerprint density at radius 1 is 0.429 bits per heavy atom. The molecule has 0 spiro atoms.